The first-order valence-corrected chi connectivity index (χ1v) is 9.29. The molecule has 0 unspecified atom stereocenters. The van der Waals surface area contributed by atoms with E-state index < -0.39 is 0 Å². The highest BCUT2D eigenvalue weighted by Crippen LogP contribution is 2.37. The smallest absolute Gasteiger partial charge is 0.266 e. The van der Waals surface area contributed by atoms with Crippen LogP contribution in [0.5, 0.6) is 11.5 Å². The van der Waals surface area contributed by atoms with E-state index >= 15 is 0 Å². The molecule has 132 valence electrons. The van der Waals surface area contributed by atoms with Gasteiger partial charge in [0, 0.05) is 6.54 Å². The molecule has 4 rings (SSSR count). The summed E-state index contributed by atoms with van der Waals surface area (Å²) in [5.41, 5.74) is 1.52. The molecular weight excluding hydrogens is 372 g/mol. The number of ether oxygens (including phenoxy) is 2. The maximum absolute atomic E-state index is 12.7. The lowest BCUT2D eigenvalue weighted by Gasteiger charge is -2.12. The summed E-state index contributed by atoms with van der Waals surface area (Å²) in [6.45, 7) is 2.68. The Morgan fingerprint density at radius 2 is 2.04 bits per heavy atom. The van der Waals surface area contributed by atoms with Crippen molar-refractivity contribution in [2.24, 2.45) is 4.99 Å². The maximum Gasteiger partial charge on any atom is 0.266 e. The van der Waals surface area contributed by atoms with E-state index in [1.54, 1.807) is 11.0 Å². The van der Waals surface area contributed by atoms with Crippen molar-refractivity contribution in [1.29, 1.82) is 0 Å². The number of fused-ring (bicyclic) bond motifs is 1. The lowest BCUT2D eigenvalue weighted by Crippen LogP contribution is -2.28. The quantitative estimate of drug-likeness (QED) is 0.718. The second-order valence-corrected chi connectivity index (χ2v) is 7.03. The molecule has 2 aliphatic rings. The fourth-order valence-corrected chi connectivity index (χ4v) is 3.90. The largest absolute Gasteiger partial charge is 0.454 e. The van der Waals surface area contributed by atoms with Gasteiger partial charge in [-0.05, 0) is 54.6 Å². The zero-order valence-corrected chi connectivity index (χ0v) is 15.5. The Morgan fingerprint density at radius 1 is 1.23 bits per heavy atom. The number of thioether (sulfide) groups is 1. The predicted molar refractivity (Wildman–Crippen MR) is 104 cm³/mol. The monoisotopic (exact) mass is 386 g/mol. The summed E-state index contributed by atoms with van der Waals surface area (Å²) in [7, 11) is 0. The van der Waals surface area contributed by atoms with Crippen LogP contribution in [-0.2, 0) is 4.79 Å². The van der Waals surface area contributed by atoms with E-state index in [1.165, 1.54) is 11.8 Å². The molecule has 0 radical (unpaired) electrons. The van der Waals surface area contributed by atoms with E-state index in [1.807, 2.05) is 49.4 Å². The molecule has 0 bridgehead atoms. The van der Waals surface area contributed by atoms with Gasteiger partial charge in [-0.1, -0.05) is 29.8 Å². The van der Waals surface area contributed by atoms with E-state index in [0.717, 1.165) is 5.56 Å². The van der Waals surface area contributed by atoms with Crippen LogP contribution in [0.25, 0.3) is 6.08 Å². The third kappa shape index (κ3) is 3.18. The normalized spacial score (nSPS) is 19.0. The van der Waals surface area contributed by atoms with Gasteiger partial charge < -0.3 is 9.47 Å². The number of rotatable bonds is 3. The summed E-state index contributed by atoms with van der Waals surface area (Å²) in [4.78, 5) is 19.6. The molecule has 0 atom stereocenters. The number of carbonyl (C=O) groups is 1. The van der Waals surface area contributed by atoms with E-state index in [0.29, 0.717) is 38.8 Å². The zero-order valence-electron chi connectivity index (χ0n) is 13.9. The average molecular weight is 387 g/mol. The molecule has 2 aromatic carbocycles. The van der Waals surface area contributed by atoms with Gasteiger partial charge in [-0.2, -0.15) is 0 Å². The minimum atomic E-state index is -0.0685. The van der Waals surface area contributed by atoms with Crippen LogP contribution in [0, 0.1) is 0 Å². The van der Waals surface area contributed by atoms with Gasteiger partial charge in [-0.3, -0.25) is 9.69 Å². The molecule has 7 heteroatoms. The number of nitrogens with zero attached hydrogens (tertiary/aromatic N) is 2. The number of carbonyl (C=O) groups excluding carboxylic acids is 1. The van der Waals surface area contributed by atoms with Crippen molar-refractivity contribution >= 4 is 46.2 Å². The number of amides is 1. The van der Waals surface area contributed by atoms with Crippen molar-refractivity contribution in [3.63, 3.8) is 0 Å². The average Bonchev–Trinajstić information content (AvgIpc) is 3.21. The second kappa shape index (κ2) is 7.05. The first kappa shape index (κ1) is 17.0. The summed E-state index contributed by atoms with van der Waals surface area (Å²) < 4.78 is 10.7. The Hall–Kier alpha value is -2.44. The summed E-state index contributed by atoms with van der Waals surface area (Å²) in [6, 6.07) is 12.9. The van der Waals surface area contributed by atoms with Crippen molar-refractivity contribution < 1.29 is 14.3 Å². The Labute approximate surface area is 160 Å². The minimum Gasteiger partial charge on any atom is -0.454 e. The highest BCUT2D eigenvalue weighted by molar-refractivity contribution is 8.18. The van der Waals surface area contributed by atoms with Crippen LogP contribution < -0.4 is 9.47 Å². The van der Waals surface area contributed by atoms with Crippen LogP contribution in [0.15, 0.2) is 52.4 Å². The Bertz CT molecular complexity index is 942. The van der Waals surface area contributed by atoms with Gasteiger partial charge >= 0.3 is 0 Å². The van der Waals surface area contributed by atoms with E-state index in [9.17, 15) is 4.79 Å². The first-order chi connectivity index (χ1) is 12.7. The molecule has 5 nitrogen and oxygen atoms in total. The van der Waals surface area contributed by atoms with Crippen LogP contribution in [0.2, 0.25) is 5.02 Å². The number of para-hydroxylation sites is 1. The fourth-order valence-electron chi connectivity index (χ4n) is 2.67. The fraction of sp³-hybridized carbons (Fsp3) is 0.158. The number of aliphatic imine (C=N–C) groups is 1. The Kier molecular flexibility index (Phi) is 4.61. The molecule has 2 aliphatic heterocycles. The summed E-state index contributed by atoms with van der Waals surface area (Å²) in [6.07, 6.45) is 1.84. The number of likely N-dealkylation sites (N-methyl/N-ethyl adjacent to an activating group) is 1. The van der Waals surface area contributed by atoms with E-state index in [4.69, 9.17) is 21.1 Å². The van der Waals surface area contributed by atoms with Crippen LogP contribution in [0.1, 0.15) is 12.5 Å². The standard InChI is InChI=1S/C19H15ClN2O3S/c1-2-22-18(23)17(10-12-7-8-15-16(9-12)25-11-24-15)26-19(22)21-14-6-4-3-5-13(14)20/h3-10H,2,11H2,1H3/b17-10+,21-19?. The number of hydrogen-bond donors (Lipinski definition) is 0. The molecule has 0 N–H and O–H groups in total. The van der Waals surface area contributed by atoms with E-state index in [-0.39, 0.29) is 12.7 Å². The number of halogens is 1. The van der Waals surface area contributed by atoms with Crippen molar-refractivity contribution in [3.8, 4) is 11.5 Å². The number of benzene rings is 2. The van der Waals surface area contributed by atoms with Crippen LogP contribution in [-0.4, -0.2) is 29.3 Å². The highest BCUT2D eigenvalue weighted by Gasteiger charge is 2.32. The predicted octanol–water partition coefficient (Wildman–Crippen LogP) is 4.69. The van der Waals surface area contributed by atoms with Gasteiger partial charge in [0.05, 0.1) is 15.6 Å². The molecule has 1 saturated heterocycles. The molecule has 0 saturated carbocycles. The van der Waals surface area contributed by atoms with Crippen LogP contribution in [0.3, 0.4) is 0 Å². The van der Waals surface area contributed by atoms with Crippen molar-refractivity contribution in [2.45, 2.75) is 6.92 Å². The topological polar surface area (TPSA) is 51.1 Å². The molecule has 0 aliphatic carbocycles. The van der Waals surface area contributed by atoms with Crippen molar-refractivity contribution in [3.05, 3.63) is 58.0 Å². The molecule has 1 amide bonds. The summed E-state index contributed by atoms with van der Waals surface area (Å²) in [5, 5.41) is 1.18. The lowest BCUT2D eigenvalue weighted by molar-refractivity contribution is -0.122. The van der Waals surface area contributed by atoms with Gasteiger partial charge in [-0.25, -0.2) is 4.99 Å². The first-order valence-electron chi connectivity index (χ1n) is 8.10. The highest BCUT2D eigenvalue weighted by atomic mass is 35.5. The number of amidine groups is 1. The maximum atomic E-state index is 12.7. The number of hydrogen-bond acceptors (Lipinski definition) is 5. The molecule has 1 fully saturated rings. The molecule has 2 heterocycles. The molecule has 0 spiro atoms. The molecule has 2 aromatic rings. The zero-order chi connectivity index (χ0) is 18.1. The third-order valence-electron chi connectivity index (χ3n) is 3.97. The summed E-state index contributed by atoms with van der Waals surface area (Å²) >= 11 is 7.53. The van der Waals surface area contributed by atoms with Gasteiger partial charge in [0.25, 0.3) is 5.91 Å². The van der Waals surface area contributed by atoms with Gasteiger partial charge in [0.15, 0.2) is 16.7 Å². The van der Waals surface area contributed by atoms with Crippen LogP contribution >= 0.6 is 23.4 Å². The SMILES string of the molecule is CCN1C(=O)/C(=C\c2ccc3c(c2)OCO3)SC1=Nc1ccccc1Cl. The van der Waals surface area contributed by atoms with Crippen LogP contribution in [0.4, 0.5) is 5.69 Å². The van der Waals surface area contributed by atoms with E-state index in [2.05, 4.69) is 4.99 Å². The van der Waals surface area contributed by atoms with Crippen molar-refractivity contribution in [2.75, 3.05) is 13.3 Å². The second-order valence-electron chi connectivity index (χ2n) is 5.62. The third-order valence-corrected chi connectivity index (χ3v) is 5.29. The minimum absolute atomic E-state index is 0.0685. The Balaban J connectivity index is 1.66. The molecule has 26 heavy (non-hydrogen) atoms. The van der Waals surface area contributed by atoms with Gasteiger partial charge in [0.2, 0.25) is 6.79 Å². The van der Waals surface area contributed by atoms with Gasteiger partial charge in [0.1, 0.15) is 0 Å². The summed E-state index contributed by atoms with van der Waals surface area (Å²) in [5.74, 6) is 1.33. The molecular formula is C19H15ClN2O3S. The molecule has 0 aromatic heterocycles. The van der Waals surface area contributed by atoms with Gasteiger partial charge in [-0.15, -0.1) is 0 Å². The van der Waals surface area contributed by atoms with Crippen molar-refractivity contribution in [1.82, 2.24) is 4.90 Å². The lowest BCUT2D eigenvalue weighted by atomic mass is 10.2. The Morgan fingerprint density at radius 3 is 2.85 bits per heavy atom.